The van der Waals surface area contributed by atoms with Crippen molar-refractivity contribution in [3.05, 3.63) is 40.8 Å². The van der Waals surface area contributed by atoms with Gasteiger partial charge in [-0.3, -0.25) is 0 Å². The van der Waals surface area contributed by atoms with Crippen LogP contribution in [0.15, 0.2) is 39.5 Å². The average molecular weight is 260 g/mol. The minimum absolute atomic E-state index is 0.267. The highest BCUT2D eigenvalue weighted by atomic mass is 28.3. The van der Waals surface area contributed by atoms with Gasteiger partial charge in [0, 0.05) is 11.5 Å². The molecule has 2 aromatic rings. The van der Waals surface area contributed by atoms with E-state index in [0.717, 1.165) is 11.0 Å². The Kier molecular flexibility index (Phi) is 3.71. The lowest BCUT2D eigenvalue weighted by molar-refractivity contribution is 0.561. The summed E-state index contributed by atoms with van der Waals surface area (Å²) in [5.41, 5.74) is 0.462. The Labute approximate surface area is 109 Å². The molecule has 0 aliphatic rings. The van der Waals surface area contributed by atoms with Crippen LogP contribution in [0.4, 0.5) is 0 Å². The van der Waals surface area contributed by atoms with Gasteiger partial charge in [-0.25, -0.2) is 4.79 Å². The predicted octanol–water partition coefficient (Wildman–Crippen LogP) is 3.51. The zero-order valence-corrected chi connectivity index (χ0v) is 12.3. The quantitative estimate of drug-likeness (QED) is 0.622. The van der Waals surface area contributed by atoms with E-state index in [2.05, 4.69) is 26.8 Å². The largest absolute Gasteiger partial charge is 0.423 e. The lowest BCUT2D eigenvalue weighted by Gasteiger charge is -2.29. The molecule has 0 amide bonds. The lowest BCUT2D eigenvalue weighted by atomic mass is 10.2. The molecular weight excluding hydrogens is 240 g/mol. The summed E-state index contributed by atoms with van der Waals surface area (Å²) in [4.78, 5) is 11.3. The van der Waals surface area contributed by atoms with Gasteiger partial charge in [0.2, 0.25) is 0 Å². The molecule has 1 aromatic carbocycles. The van der Waals surface area contributed by atoms with Crippen LogP contribution in [-0.2, 0) is 0 Å². The van der Waals surface area contributed by atoms with E-state index in [1.165, 1.54) is 29.4 Å². The molecule has 0 N–H and O–H groups in total. The van der Waals surface area contributed by atoms with E-state index >= 15 is 0 Å². The number of hydrogen-bond acceptors (Lipinski definition) is 2. The predicted molar refractivity (Wildman–Crippen MR) is 79.3 cm³/mol. The van der Waals surface area contributed by atoms with Crippen LogP contribution in [0.25, 0.3) is 11.0 Å². The van der Waals surface area contributed by atoms with Gasteiger partial charge in [0.25, 0.3) is 0 Å². The van der Waals surface area contributed by atoms with Crippen molar-refractivity contribution in [3.63, 3.8) is 0 Å². The van der Waals surface area contributed by atoms with Gasteiger partial charge in [-0.05, 0) is 17.3 Å². The van der Waals surface area contributed by atoms with Crippen LogP contribution in [0.2, 0.25) is 18.1 Å². The molecule has 0 aliphatic carbocycles. The maximum Gasteiger partial charge on any atom is 0.336 e. The van der Waals surface area contributed by atoms with Crippen LogP contribution >= 0.6 is 0 Å². The molecular formula is C15H20O2Si. The zero-order valence-electron chi connectivity index (χ0n) is 11.3. The number of rotatable bonds is 4. The third-order valence-electron chi connectivity index (χ3n) is 4.26. The van der Waals surface area contributed by atoms with Crippen LogP contribution in [0.3, 0.4) is 0 Å². The Morgan fingerprint density at radius 2 is 1.67 bits per heavy atom. The molecule has 96 valence electrons. The molecule has 2 rings (SSSR count). The van der Waals surface area contributed by atoms with E-state index in [-0.39, 0.29) is 5.63 Å². The van der Waals surface area contributed by atoms with Gasteiger partial charge in [-0.15, -0.1) is 0 Å². The van der Waals surface area contributed by atoms with Crippen LogP contribution in [0.1, 0.15) is 20.8 Å². The first kappa shape index (κ1) is 13.1. The summed E-state index contributed by atoms with van der Waals surface area (Å²) < 4.78 is 5.30. The molecule has 0 saturated heterocycles. The zero-order chi connectivity index (χ0) is 13.2. The highest BCUT2D eigenvalue weighted by Gasteiger charge is 2.30. The maximum absolute atomic E-state index is 11.3. The summed E-state index contributed by atoms with van der Waals surface area (Å²) >= 11 is 0. The molecule has 1 heterocycles. The Bertz CT molecular complexity index is 588. The summed E-state index contributed by atoms with van der Waals surface area (Å²) in [5.74, 6) is 0. The number of hydrogen-bond donors (Lipinski definition) is 0. The molecule has 0 radical (unpaired) electrons. The van der Waals surface area contributed by atoms with Gasteiger partial charge < -0.3 is 4.42 Å². The van der Waals surface area contributed by atoms with E-state index in [0.29, 0.717) is 0 Å². The van der Waals surface area contributed by atoms with Crippen molar-refractivity contribution in [1.82, 2.24) is 0 Å². The number of benzene rings is 1. The molecule has 18 heavy (non-hydrogen) atoms. The molecule has 0 aliphatic heterocycles. The molecule has 3 heteroatoms. The van der Waals surface area contributed by atoms with Crippen molar-refractivity contribution >= 4 is 24.2 Å². The van der Waals surface area contributed by atoms with Gasteiger partial charge in [0.05, 0.1) is 8.07 Å². The van der Waals surface area contributed by atoms with Crippen molar-refractivity contribution in [2.45, 2.75) is 38.9 Å². The Morgan fingerprint density at radius 3 is 2.28 bits per heavy atom. The molecule has 0 atom stereocenters. The fourth-order valence-corrected chi connectivity index (χ4v) is 6.75. The minimum Gasteiger partial charge on any atom is -0.423 e. The van der Waals surface area contributed by atoms with Crippen LogP contribution in [-0.4, -0.2) is 8.07 Å². The van der Waals surface area contributed by atoms with E-state index in [4.69, 9.17) is 4.42 Å². The maximum atomic E-state index is 11.3. The SMILES string of the molecule is CC[Si](CC)(CC)c1cccc2oc(=O)ccc12. The van der Waals surface area contributed by atoms with Crippen molar-refractivity contribution in [3.8, 4) is 0 Å². The van der Waals surface area contributed by atoms with Gasteiger partial charge >= 0.3 is 5.63 Å². The summed E-state index contributed by atoms with van der Waals surface area (Å²) in [7, 11) is -1.44. The summed E-state index contributed by atoms with van der Waals surface area (Å²) in [6.07, 6.45) is 0. The minimum atomic E-state index is -1.44. The third kappa shape index (κ3) is 2.03. The van der Waals surface area contributed by atoms with Gasteiger partial charge in [-0.2, -0.15) is 0 Å². The van der Waals surface area contributed by atoms with Crippen LogP contribution < -0.4 is 10.8 Å². The van der Waals surface area contributed by atoms with E-state index < -0.39 is 8.07 Å². The summed E-state index contributed by atoms with van der Waals surface area (Å²) in [6, 6.07) is 13.3. The second-order valence-electron chi connectivity index (χ2n) is 4.81. The van der Waals surface area contributed by atoms with Gasteiger partial charge in [0.15, 0.2) is 0 Å². The van der Waals surface area contributed by atoms with Crippen LogP contribution in [0.5, 0.6) is 0 Å². The highest BCUT2D eigenvalue weighted by molar-refractivity contribution is 6.93. The van der Waals surface area contributed by atoms with E-state index in [1.807, 2.05) is 18.2 Å². The Hall–Kier alpha value is -1.35. The molecule has 2 nitrogen and oxygen atoms in total. The van der Waals surface area contributed by atoms with Crippen molar-refractivity contribution in [2.24, 2.45) is 0 Å². The molecule has 0 unspecified atom stereocenters. The second-order valence-corrected chi connectivity index (χ2v) is 10.0. The third-order valence-corrected chi connectivity index (χ3v) is 9.90. The smallest absolute Gasteiger partial charge is 0.336 e. The monoisotopic (exact) mass is 260 g/mol. The van der Waals surface area contributed by atoms with E-state index in [9.17, 15) is 4.79 Å². The first-order chi connectivity index (χ1) is 8.66. The summed E-state index contributed by atoms with van der Waals surface area (Å²) in [5, 5.41) is 2.57. The Balaban J connectivity index is 2.74. The highest BCUT2D eigenvalue weighted by Crippen LogP contribution is 2.23. The van der Waals surface area contributed by atoms with Gasteiger partial charge in [0.1, 0.15) is 5.58 Å². The summed E-state index contributed by atoms with van der Waals surface area (Å²) in [6.45, 7) is 6.87. The molecule has 1 aromatic heterocycles. The van der Waals surface area contributed by atoms with Crippen molar-refractivity contribution < 1.29 is 4.42 Å². The van der Waals surface area contributed by atoms with E-state index in [1.54, 1.807) is 0 Å². The van der Waals surface area contributed by atoms with Crippen LogP contribution in [0, 0.1) is 0 Å². The molecule has 0 fully saturated rings. The fourth-order valence-electron chi connectivity index (χ4n) is 2.88. The first-order valence-corrected chi connectivity index (χ1v) is 9.32. The first-order valence-electron chi connectivity index (χ1n) is 6.70. The average Bonchev–Trinajstić information content (AvgIpc) is 2.41. The molecule has 0 saturated carbocycles. The molecule has 0 bridgehead atoms. The van der Waals surface area contributed by atoms with Crippen molar-refractivity contribution in [2.75, 3.05) is 0 Å². The molecule has 0 spiro atoms. The standard InChI is InChI=1S/C15H20O2Si/c1-4-18(5-2,6-3)14-9-7-8-13-12(14)10-11-15(16)17-13/h7-11H,4-6H2,1-3H3. The topological polar surface area (TPSA) is 30.2 Å². The fraction of sp³-hybridized carbons (Fsp3) is 0.400. The normalized spacial score (nSPS) is 11.9. The van der Waals surface area contributed by atoms with Crippen molar-refractivity contribution in [1.29, 1.82) is 0 Å². The Morgan fingerprint density at radius 1 is 1.00 bits per heavy atom. The second kappa shape index (κ2) is 5.10. The lowest BCUT2D eigenvalue weighted by Crippen LogP contribution is -2.46. The van der Waals surface area contributed by atoms with Gasteiger partial charge in [-0.1, -0.05) is 51.0 Å². The number of fused-ring (bicyclic) bond motifs is 1.